The third-order valence-corrected chi connectivity index (χ3v) is 5.30. The number of pyridine rings is 1. The lowest BCUT2D eigenvalue weighted by Crippen LogP contribution is -2.36. The predicted molar refractivity (Wildman–Crippen MR) is 70.2 cm³/mol. The van der Waals surface area contributed by atoms with Gasteiger partial charge in [-0.25, -0.2) is 13.4 Å². The van der Waals surface area contributed by atoms with E-state index in [1.54, 1.807) is 6.20 Å². The van der Waals surface area contributed by atoms with Crippen molar-refractivity contribution in [2.75, 3.05) is 17.3 Å². The summed E-state index contributed by atoms with van der Waals surface area (Å²) >= 11 is 1.34. The van der Waals surface area contributed by atoms with Gasteiger partial charge in [0, 0.05) is 12.2 Å². The fourth-order valence-corrected chi connectivity index (χ4v) is 4.10. The van der Waals surface area contributed by atoms with Gasteiger partial charge in [-0.05, 0) is 18.6 Å². The van der Waals surface area contributed by atoms with Gasteiger partial charge >= 0.3 is 0 Å². The summed E-state index contributed by atoms with van der Waals surface area (Å²) in [6.45, 7) is 0. The molecule has 5 nitrogen and oxygen atoms in total. The zero-order chi connectivity index (χ0) is 13.0. The van der Waals surface area contributed by atoms with Gasteiger partial charge in [-0.15, -0.1) is 0 Å². The number of carbonyl (C=O) groups is 1. The number of amides is 1. The number of nitrogens with one attached hydrogen (secondary N) is 1. The van der Waals surface area contributed by atoms with Crippen molar-refractivity contribution >= 4 is 27.5 Å². The molecular weight excluding hydrogens is 272 g/mol. The number of sulfone groups is 1. The summed E-state index contributed by atoms with van der Waals surface area (Å²) in [7, 11) is -2.94. The van der Waals surface area contributed by atoms with Crippen LogP contribution in [0.2, 0.25) is 0 Å². The number of nitrogens with zero attached hydrogens (tertiary/aromatic N) is 1. The molecule has 0 radical (unpaired) electrons. The second kappa shape index (κ2) is 5.71. The highest BCUT2D eigenvalue weighted by Crippen LogP contribution is 2.15. The van der Waals surface area contributed by atoms with Gasteiger partial charge in [0.2, 0.25) is 5.91 Å². The Hall–Kier alpha value is -1.08. The first kappa shape index (κ1) is 13.4. The lowest BCUT2D eigenvalue weighted by molar-refractivity contribution is -0.119. The van der Waals surface area contributed by atoms with Crippen LogP contribution in [-0.4, -0.2) is 42.6 Å². The maximum absolute atomic E-state index is 11.6. The zero-order valence-corrected chi connectivity index (χ0v) is 11.3. The van der Waals surface area contributed by atoms with Crippen LogP contribution < -0.4 is 5.32 Å². The quantitative estimate of drug-likeness (QED) is 0.815. The predicted octanol–water partition coefficient (Wildman–Crippen LogP) is 0.477. The van der Waals surface area contributed by atoms with Crippen molar-refractivity contribution in [1.82, 2.24) is 10.3 Å². The van der Waals surface area contributed by atoms with E-state index < -0.39 is 9.84 Å². The van der Waals surface area contributed by atoms with Gasteiger partial charge in [-0.3, -0.25) is 4.79 Å². The van der Waals surface area contributed by atoms with Gasteiger partial charge < -0.3 is 5.32 Å². The third-order valence-electron chi connectivity index (χ3n) is 2.59. The van der Waals surface area contributed by atoms with E-state index in [1.807, 2.05) is 18.2 Å². The van der Waals surface area contributed by atoms with Crippen molar-refractivity contribution in [2.45, 2.75) is 17.5 Å². The minimum absolute atomic E-state index is 0.0625. The Morgan fingerprint density at radius 2 is 2.33 bits per heavy atom. The van der Waals surface area contributed by atoms with Crippen molar-refractivity contribution in [3.05, 3.63) is 24.4 Å². The highest BCUT2D eigenvalue weighted by Gasteiger charge is 2.28. The first-order valence-electron chi connectivity index (χ1n) is 5.59. The number of carbonyl (C=O) groups excluding carboxylic acids is 1. The molecule has 2 rings (SSSR count). The molecule has 0 spiro atoms. The SMILES string of the molecule is O=C(CSc1ccccn1)N[C@H]1CCS(=O)(=O)C1. The Morgan fingerprint density at radius 3 is 2.94 bits per heavy atom. The molecule has 1 fully saturated rings. The van der Waals surface area contributed by atoms with Crippen LogP contribution in [0.4, 0.5) is 0 Å². The van der Waals surface area contributed by atoms with E-state index in [2.05, 4.69) is 10.3 Å². The van der Waals surface area contributed by atoms with E-state index in [9.17, 15) is 13.2 Å². The molecule has 1 aromatic rings. The fourth-order valence-electron chi connectivity index (χ4n) is 1.75. The fraction of sp³-hybridized carbons (Fsp3) is 0.455. The normalized spacial score (nSPS) is 21.7. The Morgan fingerprint density at radius 1 is 1.50 bits per heavy atom. The second-order valence-corrected chi connectivity index (χ2v) is 7.35. The molecule has 1 aromatic heterocycles. The molecule has 0 aromatic carbocycles. The molecular formula is C11H14N2O3S2. The lowest BCUT2D eigenvalue weighted by atomic mass is 10.3. The van der Waals surface area contributed by atoms with E-state index in [4.69, 9.17) is 0 Å². The summed E-state index contributed by atoms with van der Waals surface area (Å²) < 4.78 is 22.5. The second-order valence-electron chi connectivity index (χ2n) is 4.12. The average molecular weight is 286 g/mol. The highest BCUT2D eigenvalue weighted by molar-refractivity contribution is 7.99. The molecule has 1 amide bonds. The van der Waals surface area contributed by atoms with Gasteiger partial charge in [0.1, 0.15) is 0 Å². The van der Waals surface area contributed by atoms with Crippen molar-refractivity contribution in [3.8, 4) is 0 Å². The van der Waals surface area contributed by atoms with Crippen molar-refractivity contribution in [2.24, 2.45) is 0 Å². The minimum atomic E-state index is -2.94. The maximum Gasteiger partial charge on any atom is 0.230 e. The molecule has 1 atom stereocenters. The number of thioether (sulfide) groups is 1. The Bertz CT molecular complexity index is 516. The Labute approximate surface area is 110 Å². The number of hydrogen-bond donors (Lipinski definition) is 1. The molecule has 0 unspecified atom stereocenters. The van der Waals surface area contributed by atoms with E-state index >= 15 is 0 Å². The number of hydrogen-bond acceptors (Lipinski definition) is 5. The molecule has 1 aliphatic heterocycles. The van der Waals surface area contributed by atoms with Gasteiger partial charge in [0.25, 0.3) is 0 Å². The van der Waals surface area contributed by atoms with Crippen molar-refractivity contribution < 1.29 is 13.2 Å². The van der Waals surface area contributed by atoms with Gasteiger partial charge in [-0.2, -0.15) is 0 Å². The van der Waals surface area contributed by atoms with Crippen LogP contribution in [0.15, 0.2) is 29.4 Å². The number of rotatable bonds is 4. The molecule has 0 bridgehead atoms. The van der Waals surface area contributed by atoms with Crippen LogP contribution in [0.3, 0.4) is 0 Å². The molecule has 7 heteroatoms. The highest BCUT2D eigenvalue weighted by atomic mass is 32.2. The van der Waals surface area contributed by atoms with Crippen LogP contribution in [0.25, 0.3) is 0 Å². The molecule has 1 saturated heterocycles. The van der Waals surface area contributed by atoms with Gasteiger partial charge in [-0.1, -0.05) is 17.8 Å². The topological polar surface area (TPSA) is 76.1 Å². The number of aromatic nitrogens is 1. The van der Waals surface area contributed by atoms with E-state index in [-0.39, 0.29) is 29.2 Å². The van der Waals surface area contributed by atoms with E-state index in [1.165, 1.54) is 11.8 Å². The summed E-state index contributed by atoms with van der Waals surface area (Å²) in [6, 6.07) is 5.27. The Balaban J connectivity index is 1.76. The standard InChI is InChI=1S/C11H14N2O3S2/c14-10(7-17-11-3-1-2-5-12-11)13-9-4-6-18(15,16)8-9/h1-3,5,9H,4,6-8H2,(H,13,14)/t9-/m0/s1. The largest absolute Gasteiger partial charge is 0.352 e. The van der Waals surface area contributed by atoms with Crippen molar-refractivity contribution in [1.29, 1.82) is 0 Å². The monoisotopic (exact) mass is 286 g/mol. The molecule has 18 heavy (non-hydrogen) atoms. The molecule has 0 aliphatic carbocycles. The summed E-state index contributed by atoms with van der Waals surface area (Å²) in [6.07, 6.45) is 2.19. The lowest BCUT2D eigenvalue weighted by Gasteiger charge is -2.10. The summed E-state index contributed by atoms with van der Waals surface area (Å²) in [4.78, 5) is 15.7. The average Bonchev–Trinajstić information content (AvgIpc) is 2.67. The van der Waals surface area contributed by atoms with Gasteiger partial charge in [0.05, 0.1) is 22.3 Å². The summed E-state index contributed by atoms with van der Waals surface area (Å²) in [5, 5.41) is 3.52. The molecule has 0 saturated carbocycles. The molecule has 1 N–H and O–H groups in total. The smallest absolute Gasteiger partial charge is 0.230 e. The van der Waals surface area contributed by atoms with Gasteiger partial charge in [0.15, 0.2) is 9.84 Å². The van der Waals surface area contributed by atoms with E-state index in [0.29, 0.717) is 6.42 Å². The Kier molecular flexibility index (Phi) is 4.23. The maximum atomic E-state index is 11.6. The van der Waals surface area contributed by atoms with Crippen molar-refractivity contribution in [3.63, 3.8) is 0 Å². The molecule has 2 heterocycles. The van der Waals surface area contributed by atoms with Crippen LogP contribution in [0.5, 0.6) is 0 Å². The van der Waals surface area contributed by atoms with Crippen LogP contribution in [0, 0.1) is 0 Å². The minimum Gasteiger partial charge on any atom is -0.352 e. The first-order chi connectivity index (χ1) is 8.55. The molecule has 98 valence electrons. The summed E-state index contributed by atoms with van der Waals surface area (Å²) in [5.41, 5.74) is 0. The van der Waals surface area contributed by atoms with Crippen LogP contribution in [0.1, 0.15) is 6.42 Å². The van der Waals surface area contributed by atoms with E-state index in [0.717, 1.165) is 5.03 Å². The molecule has 1 aliphatic rings. The summed E-state index contributed by atoms with van der Waals surface area (Å²) in [5.74, 6) is 0.346. The third kappa shape index (κ3) is 3.99. The first-order valence-corrected chi connectivity index (χ1v) is 8.39. The van der Waals surface area contributed by atoms with Crippen LogP contribution >= 0.6 is 11.8 Å². The van der Waals surface area contributed by atoms with Crippen LogP contribution in [-0.2, 0) is 14.6 Å². The zero-order valence-electron chi connectivity index (χ0n) is 9.70.